The molecule has 1 fully saturated rings. The van der Waals surface area contributed by atoms with Gasteiger partial charge in [0.25, 0.3) is 5.91 Å². The normalized spacial score (nSPS) is 18.2. The molecular formula is C23H17Cl2NO3S. The van der Waals surface area contributed by atoms with Crippen LogP contribution in [0.3, 0.4) is 0 Å². The smallest absolute Gasteiger partial charge is 0.260 e. The van der Waals surface area contributed by atoms with E-state index in [1.54, 1.807) is 18.2 Å². The van der Waals surface area contributed by atoms with Gasteiger partial charge in [-0.15, -0.1) is 11.3 Å². The van der Waals surface area contributed by atoms with Gasteiger partial charge in [-0.25, -0.2) is 0 Å². The van der Waals surface area contributed by atoms with Crippen LogP contribution in [0.2, 0.25) is 9.36 Å². The first-order chi connectivity index (χ1) is 14.4. The highest BCUT2D eigenvalue weighted by Crippen LogP contribution is 2.48. The van der Waals surface area contributed by atoms with Crippen LogP contribution in [0.25, 0.3) is 22.5 Å². The lowest BCUT2D eigenvalue weighted by Crippen LogP contribution is -2.11. The zero-order valence-corrected chi connectivity index (χ0v) is 18.0. The maximum atomic E-state index is 12.6. The van der Waals surface area contributed by atoms with Gasteiger partial charge in [0.15, 0.2) is 0 Å². The molecule has 3 aromatic rings. The van der Waals surface area contributed by atoms with Gasteiger partial charge in [-0.1, -0.05) is 47.5 Å². The molecule has 0 unspecified atom stereocenters. The summed E-state index contributed by atoms with van der Waals surface area (Å²) in [5.41, 5.74) is 4.05. The van der Waals surface area contributed by atoms with E-state index in [0.29, 0.717) is 25.5 Å². The lowest BCUT2D eigenvalue weighted by Gasteiger charge is -2.14. The molecule has 152 valence electrons. The average molecular weight is 458 g/mol. The Morgan fingerprint density at radius 1 is 1.07 bits per heavy atom. The Balaban J connectivity index is 1.59. The van der Waals surface area contributed by atoms with Crippen LogP contribution in [0.4, 0.5) is 5.69 Å². The number of amides is 1. The van der Waals surface area contributed by atoms with Gasteiger partial charge in [0.1, 0.15) is 5.76 Å². The molecule has 2 aromatic carbocycles. The molecular weight excluding hydrogens is 441 g/mol. The van der Waals surface area contributed by atoms with Crippen LogP contribution in [0, 0.1) is 0 Å². The van der Waals surface area contributed by atoms with Crippen molar-refractivity contribution in [3.8, 4) is 11.1 Å². The second kappa shape index (κ2) is 7.13. The van der Waals surface area contributed by atoms with Gasteiger partial charge in [0.05, 0.1) is 32.1 Å². The fourth-order valence-corrected chi connectivity index (χ4v) is 5.17. The number of halogens is 2. The van der Waals surface area contributed by atoms with Crippen LogP contribution in [0.1, 0.15) is 28.8 Å². The summed E-state index contributed by atoms with van der Waals surface area (Å²) in [7, 11) is 0. The van der Waals surface area contributed by atoms with Crippen molar-refractivity contribution in [3.63, 3.8) is 0 Å². The number of hydrogen-bond donors (Lipinski definition) is 3. The summed E-state index contributed by atoms with van der Waals surface area (Å²) in [6, 6.07) is 14.9. The Morgan fingerprint density at radius 2 is 1.80 bits per heavy atom. The summed E-state index contributed by atoms with van der Waals surface area (Å²) in [5.74, 6) is -0.486. The highest BCUT2D eigenvalue weighted by molar-refractivity contribution is 7.17. The van der Waals surface area contributed by atoms with Crippen LogP contribution in [-0.4, -0.2) is 22.7 Å². The van der Waals surface area contributed by atoms with Crippen molar-refractivity contribution >= 4 is 57.5 Å². The van der Waals surface area contributed by atoms with E-state index in [-0.39, 0.29) is 29.3 Å². The molecule has 0 bridgehead atoms. The maximum absolute atomic E-state index is 12.6. The van der Waals surface area contributed by atoms with E-state index in [9.17, 15) is 15.0 Å². The summed E-state index contributed by atoms with van der Waals surface area (Å²) in [6.07, 6.45) is 1.99. The Labute approximate surface area is 187 Å². The van der Waals surface area contributed by atoms with Crippen LogP contribution < -0.4 is 5.32 Å². The van der Waals surface area contributed by atoms with Crippen molar-refractivity contribution in [3.05, 3.63) is 73.9 Å². The standard InChI is InChI=1S/C23H17Cl2NO3S/c24-16-10-17-15(20(22(29)26-17)21(28)18-5-6-19(25)30-18)9-14(16)12-1-3-13(4-2-12)23(11-27)7-8-23/h1-6,9-10,27-28H,7-8,11H2,(H,26,29)/b21-20-. The quantitative estimate of drug-likeness (QED) is 0.326. The van der Waals surface area contributed by atoms with Crippen LogP contribution >= 0.6 is 34.5 Å². The first-order valence-corrected chi connectivity index (χ1v) is 11.1. The van der Waals surface area contributed by atoms with Crippen molar-refractivity contribution in [2.24, 2.45) is 0 Å². The van der Waals surface area contributed by atoms with E-state index >= 15 is 0 Å². The molecule has 1 aromatic heterocycles. The van der Waals surface area contributed by atoms with Crippen molar-refractivity contribution in [2.45, 2.75) is 18.3 Å². The molecule has 4 nitrogen and oxygen atoms in total. The molecule has 7 heteroatoms. The molecule has 1 saturated carbocycles. The fourth-order valence-electron chi connectivity index (χ4n) is 3.90. The Hall–Kier alpha value is -2.31. The number of carbonyl (C=O) groups is 1. The highest BCUT2D eigenvalue weighted by Gasteiger charge is 2.43. The lowest BCUT2D eigenvalue weighted by atomic mass is 9.93. The summed E-state index contributed by atoms with van der Waals surface area (Å²) in [5, 5.41) is 23.7. The zero-order valence-electron chi connectivity index (χ0n) is 15.7. The third-order valence-corrected chi connectivity index (χ3v) is 7.41. The number of carbonyl (C=O) groups excluding carboxylic acids is 1. The minimum Gasteiger partial charge on any atom is -0.506 e. The molecule has 2 heterocycles. The Morgan fingerprint density at radius 3 is 2.40 bits per heavy atom. The van der Waals surface area contributed by atoms with Crippen molar-refractivity contribution in [2.75, 3.05) is 11.9 Å². The van der Waals surface area contributed by atoms with Gasteiger partial charge in [0, 0.05) is 16.5 Å². The summed E-state index contributed by atoms with van der Waals surface area (Å²) in [4.78, 5) is 13.1. The number of benzene rings is 2. The second-order valence-corrected chi connectivity index (χ2v) is 9.80. The summed E-state index contributed by atoms with van der Waals surface area (Å²) < 4.78 is 0.531. The van der Waals surface area contributed by atoms with Gasteiger partial charge in [-0.2, -0.15) is 0 Å². The maximum Gasteiger partial charge on any atom is 0.260 e. The second-order valence-electron chi connectivity index (χ2n) is 7.67. The molecule has 0 atom stereocenters. The van der Waals surface area contributed by atoms with Crippen molar-refractivity contribution in [1.82, 2.24) is 0 Å². The lowest BCUT2D eigenvalue weighted by molar-refractivity contribution is -0.110. The minimum absolute atomic E-state index is 0.0969. The van der Waals surface area contributed by atoms with Gasteiger partial charge in [0.2, 0.25) is 0 Å². The fraction of sp³-hybridized carbons (Fsp3) is 0.174. The highest BCUT2D eigenvalue weighted by atomic mass is 35.5. The topological polar surface area (TPSA) is 69.6 Å². The number of hydrogen-bond acceptors (Lipinski definition) is 4. The van der Waals surface area contributed by atoms with E-state index in [1.807, 2.05) is 30.3 Å². The van der Waals surface area contributed by atoms with Gasteiger partial charge >= 0.3 is 0 Å². The molecule has 5 rings (SSSR count). The SMILES string of the molecule is O=C1Nc2cc(Cl)c(-c3ccc(C4(CO)CC4)cc3)cc2/C1=C(/O)c1ccc(Cl)s1. The summed E-state index contributed by atoms with van der Waals surface area (Å²) >= 11 is 13.7. The number of fused-ring (bicyclic) bond motifs is 1. The van der Waals surface area contributed by atoms with E-state index in [4.69, 9.17) is 23.2 Å². The van der Waals surface area contributed by atoms with Gasteiger partial charge in [-0.05, 0) is 48.2 Å². The third-order valence-electron chi connectivity index (χ3n) is 5.86. The number of anilines is 1. The number of aliphatic hydroxyl groups excluding tert-OH is 2. The molecule has 0 saturated heterocycles. The van der Waals surface area contributed by atoms with Crippen molar-refractivity contribution < 1.29 is 15.0 Å². The number of aliphatic hydroxyl groups is 2. The third kappa shape index (κ3) is 3.13. The van der Waals surface area contributed by atoms with E-state index in [1.165, 1.54) is 11.3 Å². The molecule has 2 aliphatic rings. The molecule has 1 aliphatic carbocycles. The van der Waals surface area contributed by atoms with Crippen LogP contribution in [-0.2, 0) is 10.2 Å². The number of nitrogens with one attached hydrogen (secondary N) is 1. The van der Waals surface area contributed by atoms with Gasteiger partial charge in [-0.3, -0.25) is 4.79 Å². The summed E-state index contributed by atoms with van der Waals surface area (Å²) in [6.45, 7) is 0.153. The molecule has 3 N–H and O–H groups in total. The first kappa shape index (κ1) is 19.6. The van der Waals surface area contributed by atoms with E-state index in [2.05, 4.69) is 5.32 Å². The monoisotopic (exact) mass is 457 g/mol. The predicted molar refractivity (Wildman–Crippen MR) is 122 cm³/mol. The Bertz CT molecular complexity index is 1210. The molecule has 0 spiro atoms. The average Bonchev–Trinajstić information content (AvgIpc) is 3.32. The molecule has 1 aliphatic heterocycles. The molecule has 30 heavy (non-hydrogen) atoms. The number of rotatable bonds is 4. The van der Waals surface area contributed by atoms with Crippen LogP contribution in [0.5, 0.6) is 0 Å². The first-order valence-electron chi connectivity index (χ1n) is 9.48. The predicted octanol–water partition coefficient (Wildman–Crippen LogP) is 6.12. The molecule has 0 radical (unpaired) electrons. The zero-order chi connectivity index (χ0) is 21.0. The van der Waals surface area contributed by atoms with Crippen LogP contribution in [0.15, 0.2) is 48.5 Å². The minimum atomic E-state index is -0.380. The van der Waals surface area contributed by atoms with E-state index < -0.39 is 0 Å². The number of thiophene rings is 1. The van der Waals surface area contributed by atoms with Crippen molar-refractivity contribution in [1.29, 1.82) is 0 Å². The largest absolute Gasteiger partial charge is 0.506 e. The van der Waals surface area contributed by atoms with Gasteiger partial charge < -0.3 is 15.5 Å². The molecule has 1 amide bonds. The Kier molecular flexibility index (Phi) is 4.67. The van der Waals surface area contributed by atoms with E-state index in [0.717, 1.165) is 29.5 Å².